The summed E-state index contributed by atoms with van der Waals surface area (Å²) in [5.41, 5.74) is 1.07. The summed E-state index contributed by atoms with van der Waals surface area (Å²) in [4.78, 5) is 11.9. The molecule has 0 unspecified atom stereocenters. The molecule has 0 saturated carbocycles. The summed E-state index contributed by atoms with van der Waals surface area (Å²) < 4.78 is 59.2. The molecule has 0 aliphatic heterocycles. The molecule has 1 amide bonds. The van der Waals surface area contributed by atoms with E-state index in [-0.39, 0.29) is 23.8 Å². The second-order valence-electron chi connectivity index (χ2n) is 5.45. The van der Waals surface area contributed by atoms with Gasteiger partial charge in [0.2, 0.25) is 5.91 Å². The number of anilines is 1. The van der Waals surface area contributed by atoms with Gasteiger partial charge in [-0.2, -0.15) is 13.2 Å². The van der Waals surface area contributed by atoms with Crippen LogP contribution in [0.1, 0.15) is 12.0 Å². The lowest BCUT2D eigenvalue weighted by atomic mass is 10.1. The second-order valence-corrected chi connectivity index (χ2v) is 5.45. The van der Waals surface area contributed by atoms with Gasteiger partial charge in [-0.05, 0) is 48.4 Å². The van der Waals surface area contributed by atoms with Crippen molar-refractivity contribution in [2.75, 3.05) is 19.0 Å². The summed E-state index contributed by atoms with van der Waals surface area (Å²) in [5, 5.41) is 2.61. The summed E-state index contributed by atoms with van der Waals surface area (Å²) >= 11 is 0. The van der Waals surface area contributed by atoms with Crippen molar-refractivity contribution >= 4 is 11.6 Å². The van der Waals surface area contributed by atoms with Gasteiger partial charge in [-0.15, -0.1) is 0 Å². The number of carbonyl (C=O) groups is 1. The normalized spacial score (nSPS) is 11.1. The Bertz CT molecular complexity index is 745. The standard InChI is InChI=1S/C18H17F4NO3/c1-25-16-8-2-12(10-15(16)19)3-9-17(24)23-13-4-6-14(7-5-13)26-11-18(20,21)22/h2,4-8,10H,3,9,11H2,1H3,(H,23,24). The number of halogens is 4. The van der Waals surface area contributed by atoms with Crippen LogP contribution in [0.5, 0.6) is 11.5 Å². The number of benzene rings is 2. The smallest absolute Gasteiger partial charge is 0.422 e. The third-order valence-corrected chi connectivity index (χ3v) is 3.40. The van der Waals surface area contributed by atoms with Crippen molar-refractivity contribution in [2.24, 2.45) is 0 Å². The number of carbonyl (C=O) groups excluding carboxylic acids is 1. The minimum Gasteiger partial charge on any atom is -0.494 e. The van der Waals surface area contributed by atoms with Gasteiger partial charge < -0.3 is 14.8 Å². The van der Waals surface area contributed by atoms with E-state index in [9.17, 15) is 22.4 Å². The molecule has 0 heterocycles. The molecule has 2 rings (SSSR count). The summed E-state index contributed by atoms with van der Waals surface area (Å²) in [6.07, 6.45) is -3.95. The third kappa shape index (κ3) is 6.27. The van der Waals surface area contributed by atoms with Gasteiger partial charge in [-0.1, -0.05) is 6.07 Å². The maximum atomic E-state index is 13.6. The Morgan fingerprint density at radius 3 is 2.38 bits per heavy atom. The molecule has 0 bridgehead atoms. The molecule has 26 heavy (non-hydrogen) atoms. The highest BCUT2D eigenvalue weighted by atomic mass is 19.4. The monoisotopic (exact) mass is 371 g/mol. The molecular formula is C18H17F4NO3. The fourth-order valence-corrected chi connectivity index (χ4v) is 2.15. The van der Waals surface area contributed by atoms with Crippen LogP contribution in [-0.4, -0.2) is 25.8 Å². The Hall–Kier alpha value is -2.77. The van der Waals surface area contributed by atoms with E-state index in [2.05, 4.69) is 10.1 Å². The molecule has 0 fully saturated rings. The third-order valence-electron chi connectivity index (χ3n) is 3.40. The lowest BCUT2D eigenvalue weighted by Gasteiger charge is -2.10. The van der Waals surface area contributed by atoms with E-state index < -0.39 is 18.6 Å². The van der Waals surface area contributed by atoms with Gasteiger partial charge in [0, 0.05) is 12.1 Å². The van der Waals surface area contributed by atoms with E-state index in [0.29, 0.717) is 17.7 Å². The Morgan fingerprint density at radius 1 is 1.12 bits per heavy atom. The van der Waals surface area contributed by atoms with E-state index in [1.807, 2.05) is 0 Å². The van der Waals surface area contributed by atoms with Crippen molar-refractivity contribution in [1.29, 1.82) is 0 Å². The molecule has 0 radical (unpaired) electrons. The van der Waals surface area contributed by atoms with Crippen molar-refractivity contribution in [3.63, 3.8) is 0 Å². The van der Waals surface area contributed by atoms with Gasteiger partial charge in [-0.25, -0.2) is 4.39 Å². The number of hydrogen-bond donors (Lipinski definition) is 1. The van der Waals surface area contributed by atoms with E-state index in [0.717, 1.165) is 0 Å². The molecule has 2 aromatic carbocycles. The van der Waals surface area contributed by atoms with E-state index in [1.54, 1.807) is 6.07 Å². The summed E-state index contributed by atoms with van der Waals surface area (Å²) in [7, 11) is 1.37. The Labute approximate surface area is 147 Å². The van der Waals surface area contributed by atoms with Gasteiger partial charge in [0.15, 0.2) is 18.2 Å². The molecule has 0 aromatic heterocycles. The van der Waals surface area contributed by atoms with E-state index >= 15 is 0 Å². The quantitative estimate of drug-likeness (QED) is 0.737. The zero-order valence-electron chi connectivity index (χ0n) is 13.9. The zero-order valence-corrected chi connectivity index (χ0v) is 13.9. The van der Waals surface area contributed by atoms with Gasteiger partial charge in [0.05, 0.1) is 7.11 Å². The predicted octanol–water partition coefficient (Wildman–Crippen LogP) is 4.35. The highest BCUT2D eigenvalue weighted by molar-refractivity contribution is 5.90. The van der Waals surface area contributed by atoms with Crippen molar-refractivity contribution < 1.29 is 31.8 Å². The zero-order chi connectivity index (χ0) is 19.2. The van der Waals surface area contributed by atoms with Crippen LogP contribution in [0.2, 0.25) is 0 Å². The molecule has 0 saturated heterocycles. The number of methoxy groups -OCH3 is 1. The highest BCUT2D eigenvalue weighted by Crippen LogP contribution is 2.21. The lowest BCUT2D eigenvalue weighted by Crippen LogP contribution is -2.19. The van der Waals surface area contributed by atoms with Gasteiger partial charge in [-0.3, -0.25) is 4.79 Å². The SMILES string of the molecule is COc1ccc(CCC(=O)Nc2ccc(OCC(F)(F)F)cc2)cc1F. The van der Waals surface area contributed by atoms with Gasteiger partial charge in [0.25, 0.3) is 0 Å². The number of amides is 1. The molecule has 8 heteroatoms. The molecule has 0 aliphatic carbocycles. The summed E-state index contributed by atoms with van der Waals surface area (Å²) in [6.45, 7) is -1.38. The largest absolute Gasteiger partial charge is 0.494 e. The number of ether oxygens (including phenoxy) is 2. The Balaban J connectivity index is 1.83. The predicted molar refractivity (Wildman–Crippen MR) is 87.9 cm³/mol. The van der Waals surface area contributed by atoms with Crippen LogP contribution in [0.3, 0.4) is 0 Å². The van der Waals surface area contributed by atoms with Crippen molar-refractivity contribution in [3.05, 3.63) is 53.8 Å². The topological polar surface area (TPSA) is 47.6 Å². The van der Waals surface area contributed by atoms with Crippen molar-refractivity contribution in [1.82, 2.24) is 0 Å². The number of rotatable bonds is 7. The minimum absolute atomic E-state index is 0.0500. The molecule has 4 nitrogen and oxygen atoms in total. The summed E-state index contributed by atoms with van der Waals surface area (Å²) in [5.74, 6) is -0.620. The fraction of sp³-hybridized carbons (Fsp3) is 0.278. The van der Waals surface area contributed by atoms with Crippen molar-refractivity contribution in [3.8, 4) is 11.5 Å². The van der Waals surface area contributed by atoms with Crippen LogP contribution < -0.4 is 14.8 Å². The molecule has 0 atom stereocenters. The molecule has 0 spiro atoms. The van der Waals surface area contributed by atoms with Crippen LogP contribution in [0.4, 0.5) is 23.2 Å². The maximum absolute atomic E-state index is 13.6. The number of alkyl halides is 3. The first-order valence-corrected chi connectivity index (χ1v) is 7.69. The van der Waals surface area contributed by atoms with Crippen LogP contribution >= 0.6 is 0 Å². The molecule has 1 N–H and O–H groups in total. The molecule has 140 valence electrons. The maximum Gasteiger partial charge on any atom is 0.422 e. The van der Waals surface area contributed by atoms with Crippen LogP contribution in [-0.2, 0) is 11.2 Å². The van der Waals surface area contributed by atoms with Crippen LogP contribution in [0.25, 0.3) is 0 Å². The second kappa shape index (κ2) is 8.55. The van der Waals surface area contributed by atoms with E-state index in [1.165, 1.54) is 43.5 Å². The first kappa shape index (κ1) is 19.6. The fourth-order valence-electron chi connectivity index (χ4n) is 2.15. The number of hydrogen-bond acceptors (Lipinski definition) is 3. The highest BCUT2D eigenvalue weighted by Gasteiger charge is 2.28. The average Bonchev–Trinajstić information content (AvgIpc) is 2.59. The molecule has 2 aromatic rings. The van der Waals surface area contributed by atoms with Crippen molar-refractivity contribution in [2.45, 2.75) is 19.0 Å². The van der Waals surface area contributed by atoms with Crippen LogP contribution in [0, 0.1) is 5.82 Å². The van der Waals surface area contributed by atoms with Crippen LogP contribution in [0.15, 0.2) is 42.5 Å². The molecule has 0 aliphatic rings. The van der Waals surface area contributed by atoms with Gasteiger partial charge in [0.1, 0.15) is 5.75 Å². The summed E-state index contributed by atoms with van der Waals surface area (Å²) in [6, 6.07) is 10.0. The lowest BCUT2D eigenvalue weighted by molar-refractivity contribution is -0.153. The number of nitrogens with one attached hydrogen (secondary N) is 1. The van der Waals surface area contributed by atoms with Gasteiger partial charge >= 0.3 is 6.18 Å². The van der Waals surface area contributed by atoms with E-state index in [4.69, 9.17) is 4.74 Å². The Kier molecular flexibility index (Phi) is 6.43. The average molecular weight is 371 g/mol. The number of aryl methyl sites for hydroxylation is 1. The minimum atomic E-state index is -4.41. The first-order valence-electron chi connectivity index (χ1n) is 7.69. The first-order chi connectivity index (χ1) is 12.3. The Morgan fingerprint density at radius 2 is 1.81 bits per heavy atom. The molecular weight excluding hydrogens is 354 g/mol.